The van der Waals surface area contributed by atoms with Crippen LogP contribution in [0, 0.1) is 5.92 Å². The fourth-order valence-corrected chi connectivity index (χ4v) is 3.98. The SMILES string of the molecule is CCNC(CS(=O)c1ccccc1Br)C(C)C. The Morgan fingerprint density at radius 1 is 1.35 bits per heavy atom. The van der Waals surface area contributed by atoms with Gasteiger partial charge in [0.05, 0.1) is 15.7 Å². The molecule has 0 aliphatic heterocycles. The first kappa shape index (κ1) is 14.9. The van der Waals surface area contributed by atoms with Gasteiger partial charge in [-0.1, -0.05) is 32.9 Å². The third kappa shape index (κ3) is 4.53. The van der Waals surface area contributed by atoms with Crippen molar-refractivity contribution in [2.45, 2.75) is 31.7 Å². The molecule has 0 saturated carbocycles. The van der Waals surface area contributed by atoms with Crippen LogP contribution >= 0.6 is 15.9 Å². The lowest BCUT2D eigenvalue weighted by atomic mass is 10.1. The molecule has 2 atom stereocenters. The molecule has 1 aromatic rings. The molecule has 17 heavy (non-hydrogen) atoms. The van der Waals surface area contributed by atoms with E-state index in [1.165, 1.54) is 0 Å². The van der Waals surface area contributed by atoms with Gasteiger partial charge in [-0.15, -0.1) is 0 Å². The molecular formula is C13H20BrNOS. The van der Waals surface area contributed by atoms with Gasteiger partial charge in [-0.2, -0.15) is 0 Å². The van der Waals surface area contributed by atoms with E-state index in [0.29, 0.717) is 17.7 Å². The van der Waals surface area contributed by atoms with Crippen molar-refractivity contribution in [2.24, 2.45) is 5.92 Å². The van der Waals surface area contributed by atoms with Crippen molar-refractivity contribution in [1.29, 1.82) is 0 Å². The van der Waals surface area contributed by atoms with Gasteiger partial charge in [0, 0.05) is 16.3 Å². The molecular weight excluding hydrogens is 298 g/mol. The van der Waals surface area contributed by atoms with Crippen LogP contribution in [0.3, 0.4) is 0 Å². The lowest BCUT2D eigenvalue weighted by Gasteiger charge is -2.21. The molecule has 0 aliphatic carbocycles. The van der Waals surface area contributed by atoms with Crippen molar-refractivity contribution in [2.75, 3.05) is 12.3 Å². The normalized spacial score (nSPS) is 14.9. The van der Waals surface area contributed by atoms with Crippen LogP contribution in [0.25, 0.3) is 0 Å². The zero-order chi connectivity index (χ0) is 12.8. The summed E-state index contributed by atoms with van der Waals surface area (Å²) in [6.07, 6.45) is 0. The molecule has 0 saturated heterocycles. The van der Waals surface area contributed by atoms with Crippen molar-refractivity contribution in [3.63, 3.8) is 0 Å². The minimum atomic E-state index is -0.956. The van der Waals surface area contributed by atoms with Crippen LogP contribution in [0.5, 0.6) is 0 Å². The highest BCUT2D eigenvalue weighted by Gasteiger charge is 2.17. The van der Waals surface area contributed by atoms with Gasteiger partial charge < -0.3 is 5.32 Å². The molecule has 0 bridgehead atoms. The third-order valence-corrected chi connectivity index (χ3v) is 5.15. The second-order valence-electron chi connectivity index (χ2n) is 4.35. The Labute approximate surface area is 115 Å². The second-order valence-corrected chi connectivity index (χ2v) is 6.67. The molecule has 0 aromatic heterocycles. The summed E-state index contributed by atoms with van der Waals surface area (Å²) in [5.41, 5.74) is 0. The third-order valence-electron chi connectivity index (χ3n) is 2.68. The van der Waals surface area contributed by atoms with Crippen molar-refractivity contribution in [3.8, 4) is 0 Å². The predicted octanol–water partition coefficient (Wildman–Crippen LogP) is 3.19. The smallest absolute Gasteiger partial charge is 0.0556 e. The van der Waals surface area contributed by atoms with Gasteiger partial charge in [0.2, 0.25) is 0 Å². The fourth-order valence-electron chi connectivity index (χ4n) is 1.63. The zero-order valence-electron chi connectivity index (χ0n) is 10.6. The van der Waals surface area contributed by atoms with Crippen molar-refractivity contribution in [1.82, 2.24) is 5.32 Å². The molecule has 0 aliphatic rings. The molecule has 0 spiro atoms. The van der Waals surface area contributed by atoms with E-state index in [-0.39, 0.29) is 0 Å². The quantitative estimate of drug-likeness (QED) is 0.873. The Kier molecular flexibility index (Phi) is 6.38. The largest absolute Gasteiger partial charge is 0.313 e. The second kappa shape index (κ2) is 7.29. The maximum atomic E-state index is 12.3. The Morgan fingerprint density at radius 2 is 2.00 bits per heavy atom. The monoisotopic (exact) mass is 317 g/mol. The first-order chi connectivity index (χ1) is 8.06. The molecule has 1 rings (SSSR count). The number of benzene rings is 1. The van der Waals surface area contributed by atoms with Gasteiger partial charge in [-0.25, -0.2) is 0 Å². The van der Waals surface area contributed by atoms with Gasteiger partial charge in [-0.3, -0.25) is 4.21 Å². The van der Waals surface area contributed by atoms with E-state index in [4.69, 9.17) is 0 Å². The van der Waals surface area contributed by atoms with E-state index in [1.807, 2.05) is 24.3 Å². The van der Waals surface area contributed by atoms with E-state index in [9.17, 15) is 4.21 Å². The molecule has 4 heteroatoms. The highest BCUT2D eigenvalue weighted by Crippen LogP contribution is 2.21. The van der Waals surface area contributed by atoms with Gasteiger partial charge in [0.1, 0.15) is 0 Å². The van der Waals surface area contributed by atoms with Gasteiger partial charge in [0.15, 0.2) is 0 Å². The molecule has 0 heterocycles. The van der Waals surface area contributed by atoms with Crippen molar-refractivity contribution in [3.05, 3.63) is 28.7 Å². The molecule has 2 unspecified atom stereocenters. The molecule has 0 fully saturated rings. The topological polar surface area (TPSA) is 29.1 Å². The Balaban J connectivity index is 2.74. The Morgan fingerprint density at radius 3 is 2.53 bits per heavy atom. The minimum Gasteiger partial charge on any atom is -0.313 e. The molecule has 96 valence electrons. The van der Waals surface area contributed by atoms with E-state index in [2.05, 4.69) is 42.0 Å². The first-order valence-electron chi connectivity index (χ1n) is 5.92. The molecule has 2 nitrogen and oxygen atoms in total. The van der Waals surface area contributed by atoms with Gasteiger partial charge >= 0.3 is 0 Å². The maximum absolute atomic E-state index is 12.3. The average Bonchev–Trinajstić information content (AvgIpc) is 2.28. The highest BCUT2D eigenvalue weighted by atomic mass is 79.9. The highest BCUT2D eigenvalue weighted by molar-refractivity contribution is 9.10. The van der Waals surface area contributed by atoms with Crippen LogP contribution in [0.4, 0.5) is 0 Å². The summed E-state index contributed by atoms with van der Waals surface area (Å²) in [7, 11) is -0.956. The van der Waals surface area contributed by atoms with Crippen LogP contribution in [-0.4, -0.2) is 22.5 Å². The zero-order valence-corrected chi connectivity index (χ0v) is 13.0. The lowest BCUT2D eigenvalue weighted by Crippen LogP contribution is -2.38. The molecule has 1 N–H and O–H groups in total. The summed E-state index contributed by atoms with van der Waals surface area (Å²) >= 11 is 3.45. The number of hydrogen-bond acceptors (Lipinski definition) is 2. The lowest BCUT2D eigenvalue weighted by molar-refractivity contribution is 0.440. The summed E-state index contributed by atoms with van der Waals surface area (Å²) < 4.78 is 13.2. The van der Waals surface area contributed by atoms with E-state index in [0.717, 1.165) is 15.9 Å². The standard InChI is InChI=1S/C13H20BrNOS/c1-4-15-12(10(2)3)9-17(16)13-8-6-5-7-11(13)14/h5-8,10,12,15H,4,9H2,1-3H3. The number of halogens is 1. The first-order valence-corrected chi connectivity index (χ1v) is 8.03. The van der Waals surface area contributed by atoms with Gasteiger partial charge in [0.25, 0.3) is 0 Å². The number of rotatable bonds is 6. The molecule has 1 aromatic carbocycles. The van der Waals surface area contributed by atoms with Crippen LogP contribution in [0.2, 0.25) is 0 Å². The van der Waals surface area contributed by atoms with E-state index < -0.39 is 10.8 Å². The molecule has 0 amide bonds. The maximum Gasteiger partial charge on any atom is 0.0556 e. The summed E-state index contributed by atoms with van der Waals surface area (Å²) in [6.45, 7) is 7.31. The number of nitrogens with one attached hydrogen (secondary N) is 1. The summed E-state index contributed by atoms with van der Waals surface area (Å²) in [5.74, 6) is 1.15. The van der Waals surface area contributed by atoms with E-state index in [1.54, 1.807) is 0 Å². The van der Waals surface area contributed by atoms with Crippen LogP contribution in [0.1, 0.15) is 20.8 Å². The predicted molar refractivity (Wildman–Crippen MR) is 77.7 cm³/mol. The fraction of sp³-hybridized carbons (Fsp3) is 0.538. The Bertz CT molecular complexity index is 381. The molecule has 0 radical (unpaired) electrons. The summed E-state index contributed by atoms with van der Waals surface area (Å²) in [4.78, 5) is 0.885. The Hall–Kier alpha value is -0.190. The average molecular weight is 318 g/mol. The van der Waals surface area contributed by atoms with E-state index >= 15 is 0 Å². The van der Waals surface area contributed by atoms with Crippen LogP contribution in [0.15, 0.2) is 33.6 Å². The van der Waals surface area contributed by atoms with Gasteiger partial charge in [-0.05, 0) is 40.5 Å². The number of hydrogen-bond donors (Lipinski definition) is 1. The van der Waals surface area contributed by atoms with Crippen LogP contribution in [-0.2, 0) is 10.8 Å². The van der Waals surface area contributed by atoms with Crippen molar-refractivity contribution >= 4 is 26.7 Å². The summed E-state index contributed by atoms with van der Waals surface area (Å²) in [5, 5.41) is 3.39. The summed E-state index contributed by atoms with van der Waals surface area (Å²) in [6, 6.07) is 8.02. The van der Waals surface area contributed by atoms with Crippen molar-refractivity contribution < 1.29 is 4.21 Å². The van der Waals surface area contributed by atoms with Crippen LogP contribution < -0.4 is 5.32 Å². The minimum absolute atomic E-state index is 0.299.